The van der Waals surface area contributed by atoms with E-state index in [-0.39, 0.29) is 11.6 Å². The van der Waals surface area contributed by atoms with Gasteiger partial charge in [0.05, 0.1) is 16.4 Å². The van der Waals surface area contributed by atoms with Crippen molar-refractivity contribution in [3.05, 3.63) is 69.9 Å². The van der Waals surface area contributed by atoms with Crippen molar-refractivity contribution in [2.45, 2.75) is 30.4 Å². The number of hydrogen-bond acceptors (Lipinski definition) is 5. The zero-order valence-corrected chi connectivity index (χ0v) is 17.8. The molecule has 2 aromatic carbocycles. The van der Waals surface area contributed by atoms with Crippen LogP contribution in [0.5, 0.6) is 0 Å². The maximum absolute atomic E-state index is 14.5. The normalized spacial score (nSPS) is 13.7. The van der Waals surface area contributed by atoms with Gasteiger partial charge < -0.3 is 10.2 Å². The van der Waals surface area contributed by atoms with E-state index < -0.39 is 5.82 Å². The predicted molar refractivity (Wildman–Crippen MR) is 119 cm³/mol. The summed E-state index contributed by atoms with van der Waals surface area (Å²) in [7, 11) is 0. The first-order valence-corrected chi connectivity index (χ1v) is 11.5. The number of thiazole rings is 1. The lowest BCUT2D eigenvalue weighted by Crippen LogP contribution is -2.22. The van der Waals surface area contributed by atoms with E-state index in [1.165, 1.54) is 6.07 Å². The quantitative estimate of drug-likeness (QED) is 0.510. The van der Waals surface area contributed by atoms with Crippen molar-refractivity contribution < 1.29 is 9.18 Å². The lowest BCUT2D eigenvalue weighted by Gasteiger charge is -2.22. The number of nitrogens with one attached hydrogen (secondary N) is 1. The monoisotopic (exact) mass is 427 g/mol. The molecule has 1 fully saturated rings. The Labute approximate surface area is 178 Å². The zero-order valence-electron chi connectivity index (χ0n) is 16.2. The fourth-order valence-electron chi connectivity index (χ4n) is 3.38. The predicted octanol–water partition coefficient (Wildman–Crippen LogP) is 5.74. The zero-order chi connectivity index (χ0) is 20.2. The van der Waals surface area contributed by atoms with E-state index >= 15 is 0 Å². The second-order valence-corrected chi connectivity index (χ2v) is 9.06. The summed E-state index contributed by atoms with van der Waals surface area (Å²) in [5.74, 6) is 0.0836. The number of carbonyl (C=O) groups excluding carboxylic acids is 1. The molecule has 0 spiro atoms. The number of nitrogens with zero attached hydrogens (tertiary/aromatic N) is 2. The number of rotatable bonds is 6. The van der Waals surface area contributed by atoms with Crippen molar-refractivity contribution in [2.24, 2.45) is 0 Å². The summed E-state index contributed by atoms with van der Waals surface area (Å²) >= 11 is 3.33. The van der Waals surface area contributed by atoms with Crippen LogP contribution in [-0.2, 0) is 5.75 Å². The summed E-state index contributed by atoms with van der Waals surface area (Å²) in [5.41, 5.74) is 2.58. The molecule has 1 N–H and O–H groups in total. The molecule has 1 aliphatic heterocycles. The number of halogens is 1. The van der Waals surface area contributed by atoms with Gasteiger partial charge in [-0.25, -0.2) is 9.37 Å². The minimum atomic E-state index is -0.409. The molecule has 29 heavy (non-hydrogen) atoms. The van der Waals surface area contributed by atoms with Crippen LogP contribution in [-0.4, -0.2) is 24.0 Å². The van der Waals surface area contributed by atoms with Crippen LogP contribution in [0.25, 0.3) is 0 Å². The van der Waals surface area contributed by atoms with E-state index in [1.807, 2.05) is 25.1 Å². The van der Waals surface area contributed by atoms with E-state index in [9.17, 15) is 9.18 Å². The molecule has 1 saturated heterocycles. The van der Waals surface area contributed by atoms with Crippen LogP contribution < -0.4 is 10.2 Å². The third-order valence-corrected chi connectivity index (χ3v) is 6.71. The van der Waals surface area contributed by atoms with Crippen molar-refractivity contribution in [1.82, 2.24) is 4.98 Å². The van der Waals surface area contributed by atoms with Crippen LogP contribution in [0.15, 0.2) is 52.7 Å². The first kappa shape index (κ1) is 19.9. The third kappa shape index (κ3) is 4.79. The van der Waals surface area contributed by atoms with E-state index in [4.69, 9.17) is 0 Å². The first-order valence-electron chi connectivity index (χ1n) is 9.59. The summed E-state index contributed by atoms with van der Waals surface area (Å²) in [6.07, 6.45) is 2.17. The third-order valence-electron chi connectivity index (χ3n) is 4.85. The Bertz CT molecular complexity index is 998. The molecule has 0 unspecified atom stereocenters. The van der Waals surface area contributed by atoms with Crippen molar-refractivity contribution in [2.75, 3.05) is 23.3 Å². The maximum Gasteiger partial charge on any atom is 0.255 e. The number of amides is 1. The molecule has 3 aromatic rings. The molecule has 1 aliphatic rings. The number of aryl methyl sites for hydroxylation is 1. The molecule has 4 rings (SSSR count). The topological polar surface area (TPSA) is 45.2 Å². The highest BCUT2D eigenvalue weighted by Crippen LogP contribution is 2.32. The van der Waals surface area contributed by atoms with Crippen LogP contribution >= 0.6 is 23.1 Å². The minimum absolute atomic E-state index is 0.261. The highest BCUT2D eigenvalue weighted by molar-refractivity contribution is 7.98. The van der Waals surface area contributed by atoms with E-state index in [0.29, 0.717) is 5.56 Å². The Kier molecular flexibility index (Phi) is 6.16. The van der Waals surface area contributed by atoms with E-state index in [1.54, 1.807) is 41.3 Å². The average molecular weight is 428 g/mol. The summed E-state index contributed by atoms with van der Waals surface area (Å²) in [5, 5.41) is 5.91. The number of benzene rings is 2. The lowest BCUT2D eigenvalue weighted by atomic mass is 10.2. The van der Waals surface area contributed by atoms with Crippen LogP contribution in [0.3, 0.4) is 0 Å². The summed E-state index contributed by atoms with van der Waals surface area (Å²) in [4.78, 5) is 20.4. The molecule has 0 saturated carbocycles. The Morgan fingerprint density at radius 3 is 2.66 bits per heavy atom. The molecule has 0 radical (unpaired) electrons. The minimum Gasteiger partial charge on any atom is -0.370 e. The Morgan fingerprint density at radius 2 is 1.97 bits per heavy atom. The summed E-state index contributed by atoms with van der Waals surface area (Å²) in [6, 6.07) is 12.3. The molecule has 150 valence electrons. The van der Waals surface area contributed by atoms with Gasteiger partial charge in [0.1, 0.15) is 11.5 Å². The molecule has 7 heteroatoms. The molecule has 1 amide bonds. The molecule has 0 bridgehead atoms. The highest BCUT2D eigenvalue weighted by atomic mass is 32.2. The van der Waals surface area contributed by atoms with Gasteiger partial charge in [0.25, 0.3) is 5.91 Å². The maximum atomic E-state index is 14.5. The Balaban J connectivity index is 1.43. The van der Waals surface area contributed by atoms with E-state index in [0.717, 1.165) is 53.0 Å². The number of carbonyl (C=O) groups is 1. The van der Waals surface area contributed by atoms with Crippen LogP contribution in [0, 0.1) is 12.7 Å². The van der Waals surface area contributed by atoms with Gasteiger partial charge in [-0.15, -0.1) is 23.1 Å². The van der Waals surface area contributed by atoms with E-state index in [2.05, 4.69) is 20.6 Å². The Hall–Kier alpha value is -2.38. The lowest BCUT2D eigenvalue weighted by molar-refractivity contribution is 0.102. The van der Waals surface area contributed by atoms with Crippen molar-refractivity contribution >= 4 is 40.4 Å². The number of anilines is 2. The standard InChI is InChI=1S/C22H22FN3OS2/c1-15-24-17(13-28-15)14-29-18-9-7-16(8-10-18)22(27)25-21-19(23)5-4-6-20(21)26-11-2-3-12-26/h4-10,13H,2-3,11-12,14H2,1H3,(H,25,27). The second kappa shape index (κ2) is 8.97. The molecule has 0 atom stereocenters. The van der Waals surface area contributed by atoms with Gasteiger partial charge in [-0.05, 0) is 56.2 Å². The second-order valence-electron chi connectivity index (χ2n) is 6.95. The van der Waals surface area contributed by atoms with Crippen molar-refractivity contribution in [3.8, 4) is 0 Å². The van der Waals surface area contributed by atoms with Gasteiger partial charge in [-0.3, -0.25) is 4.79 Å². The summed E-state index contributed by atoms with van der Waals surface area (Å²) in [6.45, 7) is 3.77. The largest absolute Gasteiger partial charge is 0.370 e. The van der Waals surface area contributed by atoms with Crippen LogP contribution in [0.4, 0.5) is 15.8 Å². The average Bonchev–Trinajstić information content (AvgIpc) is 3.40. The molecule has 0 aliphatic carbocycles. The molecular formula is C22H22FN3OS2. The number of hydrogen-bond donors (Lipinski definition) is 1. The van der Waals surface area contributed by atoms with Crippen LogP contribution in [0.2, 0.25) is 0 Å². The van der Waals surface area contributed by atoms with Gasteiger partial charge in [0.15, 0.2) is 0 Å². The molecule has 1 aromatic heterocycles. The SMILES string of the molecule is Cc1nc(CSc2ccc(C(=O)Nc3c(F)cccc3N3CCCC3)cc2)cs1. The smallest absolute Gasteiger partial charge is 0.255 e. The van der Waals surface area contributed by atoms with Gasteiger partial charge in [0.2, 0.25) is 0 Å². The van der Waals surface area contributed by atoms with Gasteiger partial charge >= 0.3 is 0 Å². The fourth-order valence-corrected chi connectivity index (χ4v) is 4.89. The van der Waals surface area contributed by atoms with Gasteiger partial charge in [0, 0.05) is 34.7 Å². The Morgan fingerprint density at radius 1 is 1.21 bits per heavy atom. The number of aromatic nitrogens is 1. The van der Waals surface area contributed by atoms with Crippen molar-refractivity contribution in [1.29, 1.82) is 0 Å². The molecule has 2 heterocycles. The van der Waals surface area contributed by atoms with Gasteiger partial charge in [-0.2, -0.15) is 0 Å². The first-order chi connectivity index (χ1) is 14.1. The number of para-hydroxylation sites is 1. The highest BCUT2D eigenvalue weighted by Gasteiger charge is 2.20. The fraction of sp³-hybridized carbons (Fsp3) is 0.273. The molecular weight excluding hydrogens is 405 g/mol. The molecule has 4 nitrogen and oxygen atoms in total. The van der Waals surface area contributed by atoms with Crippen LogP contribution in [0.1, 0.15) is 33.9 Å². The van der Waals surface area contributed by atoms with Gasteiger partial charge in [-0.1, -0.05) is 6.07 Å². The van der Waals surface area contributed by atoms with Crippen molar-refractivity contribution in [3.63, 3.8) is 0 Å². The number of thioether (sulfide) groups is 1. The summed E-state index contributed by atoms with van der Waals surface area (Å²) < 4.78 is 14.5.